The van der Waals surface area contributed by atoms with Crippen molar-refractivity contribution in [2.45, 2.75) is 44.6 Å². The van der Waals surface area contributed by atoms with Crippen LogP contribution >= 0.6 is 16.1 Å². The minimum Gasteiger partial charge on any atom is -0.346 e. The van der Waals surface area contributed by atoms with Crippen molar-refractivity contribution >= 4 is 37.3 Å². The van der Waals surface area contributed by atoms with E-state index in [4.69, 9.17) is 4.52 Å². The van der Waals surface area contributed by atoms with Gasteiger partial charge in [-0.3, -0.25) is 0 Å². The molecule has 0 heterocycles. The van der Waals surface area contributed by atoms with Crippen LogP contribution in [0.25, 0.3) is 0 Å². The quantitative estimate of drug-likeness (QED) is 0.218. The second kappa shape index (κ2) is 11.6. The van der Waals surface area contributed by atoms with E-state index >= 15 is 0 Å². The van der Waals surface area contributed by atoms with Gasteiger partial charge in [-0.2, -0.15) is 0 Å². The van der Waals surface area contributed by atoms with Crippen molar-refractivity contribution in [3.63, 3.8) is 0 Å². The number of hydrogen-bond acceptors (Lipinski definition) is 1. The van der Waals surface area contributed by atoms with Gasteiger partial charge in [0.1, 0.15) is 0 Å². The van der Waals surface area contributed by atoms with Gasteiger partial charge in [0.05, 0.1) is 14.3 Å². The minimum absolute atomic E-state index is 0.314. The van der Waals surface area contributed by atoms with E-state index < -0.39 is 8.15 Å². The first-order valence-corrected chi connectivity index (χ1v) is 16.6. The topological polar surface area (TPSA) is 9.23 Å². The van der Waals surface area contributed by atoms with Gasteiger partial charge < -0.3 is 4.52 Å². The van der Waals surface area contributed by atoms with Crippen LogP contribution in [0.2, 0.25) is 0 Å². The summed E-state index contributed by atoms with van der Waals surface area (Å²) in [6.07, 6.45) is 9.43. The zero-order valence-corrected chi connectivity index (χ0v) is 23.2. The lowest BCUT2D eigenvalue weighted by Crippen LogP contribution is -2.38. The second-order valence-corrected chi connectivity index (χ2v) is 14.6. The highest BCUT2D eigenvalue weighted by Crippen LogP contribution is 2.60. The van der Waals surface area contributed by atoms with Crippen LogP contribution in [0.1, 0.15) is 38.5 Å². The fourth-order valence-electron chi connectivity index (χ4n) is 6.74. The fourth-order valence-corrected chi connectivity index (χ4v) is 11.5. The molecule has 4 aromatic rings. The average Bonchev–Trinajstić information content (AvgIpc) is 3.58. The van der Waals surface area contributed by atoms with Crippen LogP contribution < -0.4 is 21.2 Å². The number of rotatable bonds is 8. The van der Waals surface area contributed by atoms with Crippen LogP contribution in [0.5, 0.6) is 0 Å². The third kappa shape index (κ3) is 5.33. The molecule has 2 aliphatic carbocycles. The van der Waals surface area contributed by atoms with E-state index in [0.717, 1.165) is 5.92 Å². The van der Waals surface area contributed by atoms with E-state index in [1.54, 1.807) is 0 Å². The van der Waals surface area contributed by atoms with Gasteiger partial charge in [-0.05, 0) is 56.3 Å². The van der Waals surface area contributed by atoms with Gasteiger partial charge in [-0.15, -0.1) is 0 Å². The third-order valence-electron chi connectivity index (χ3n) is 8.51. The highest BCUT2D eigenvalue weighted by molar-refractivity contribution is 7.73. The van der Waals surface area contributed by atoms with Gasteiger partial charge in [0, 0.05) is 16.0 Å². The lowest BCUT2D eigenvalue weighted by atomic mass is 9.75. The van der Waals surface area contributed by atoms with Crippen molar-refractivity contribution in [3.8, 4) is 0 Å². The smallest absolute Gasteiger partial charge is 0.0921 e. The Balaban J connectivity index is 1.31. The van der Waals surface area contributed by atoms with Crippen LogP contribution in [0.15, 0.2) is 121 Å². The Labute approximate surface area is 224 Å². The van der Waals surface area contributed by atoms with Crippen molar-refractivity contribution in [1.29, 1.82) is 0 Å². The van der Waals surface area contributed by atoms with E-state index in [1.807, 2.05) is 0 Å². The highest BCUT2D eigenvalue weighted by Gasteiger charge is 2.52. The van der Waals surface area contributed by atoms with E-state index in [-0.39, 0.29) is 7.92 Å². The Morgan fingerprint density at radius 1 is 0.568 bits per heavy atom. The van der Waals surface area contributed by atoms with E-state index in [9.17, 15) is 0 Å². The summed E-state index contributed by atoms with van der Waals surface area (Å²) in [5, 5.41) is 5.68. The monoisotopic (exact) mass is 522 g/mol. The van der Waals surface area contributed by atoms with Gasteiger partial charge >= 0.3 is 0 Å². The Hall–Kier alpha value is -2.30. The molecule has 37 heavy (non-hydrogen) atoms. The van der Waals surface area contributed by atoms with Gasteiger partial charge in [0.2, 0.25) is 0 Å². The van der Waals surface area contributed by atoms with Crippen molar-refractivity contribution in [2.24, 2.45) is 11.3 Å². The summed E-state index contributed by atoms with van der Waals surface area (Å²) in [6, 6.07) is 44.5. The molecule has 2 unspecified atom stereocenters. The summed E-state index contributed by atoms with van der Waals surface area (Å²) in [5.41, 5.74) is 0.314. The zero-order valence-electron chi connectivity index (χ0n) is 21.5. The summed E-state index contributed by atoms with van der Waals surface area (Å²) in [7, 11) is -1.21. The van der Waals surface area contributed by atoms with Gasteiger partial charge in [-0.1, -0.05) is 134 Å². The largest absolute Gasteiger partial charge is 0.346 e. The molecule has 3 heteroatoms. The first-order chi connectivity index (χ1) is 18.3. The molecule has 4 aromatic carbocycles. The molecule has 3 atom stereocenters. The number of hydrogen-bond donors (Lipinski definition) is 0. The van der Waals surface area contributed by atoms with Crippen LogP contribution in [-0.4, -0.2) is 12.3 Å². The Morgan fingerprint density at radius 2 is 1.00 bits per heavy atom. The number of benzene rings is 4. The molecule has 6 rings (SSSR count). The lowest BCUT2D eigenvalue weighted by molar-refractivity contribution is 0.0607. The van der Waals surface area contributed by atoms with Crippen molar-refractivity contribution < 1.29 is 4.52 Å². The molecule has 0 bridgehead atoms. The van der Waals surface area contributed by atoms with Gasteiger partial charge in [-0.25, -0.2) is 0 Å². The first kappa shape index (κ1) is 25.0. The van der Waals surface area contributed by atoms with Crippen LogP contribution in [0.3, 0.4) is 0 Å². The normalized spacial score (nSPS) is 23.3. The molecule has 2 saturated carbocycles. The summed E-state index contributed by atoms with van der Waals surface area (Å²) in [5.74, 6) is 0.718. The molecule has 1 spiro atoms. The molecular formula is C34H36OP2. The molecular weight excluding hydrogens is 486 g/mol. The molecule has 0 radical (unpaired) electrons. The van der Waals surface area contributed by atoms with E-state index in [0.29, 0.717) is 11.5 Å². The molecule has 0 N–H and O–H groups in total. The van der Waals surface area contributed by atoms with Crippen LogP contribution in [0, 0.1) is 11.3 Å². The third-order valence-corrected chi connectivity index (χ3v) is 13.2. The molecule has 188 valence electrons. The van der Waals surface area contributed by atoms with Gasteiger partial charge in [0.25, 0.3) is 0 Å². The summed E-state index contributed by atoms with van der Waals surface area (Å²) in [4.78, 5) is 0. The molecule has 0 saturated heterocycles. The molecule has 2 fully saturated rings. The van der Waals surface area contributed by atoms with Gasteiger partial charge in [0.15, 0.2) is 0 Å². The SMILES string of the molecule is c1ccc(P(C[C@@H]2CCCC23CCCC3OP(c2ccccc2)c2ccccc2)c2ccccc2)cc1. The molecule has 2 aliphatic rings. The Bertz CT molecular complexity index is 1070. The maximum Gasteiger partial charge on any atom is 0.0921 e. The minimum atomic E-state index is -0.826. The molecule has 0 aliphatic heterocycles. The molecule has 0 amide bonds. The Morgan fingerprint density at radius 3 is 1.49 bits per heavy atom. The molecule has 0 aromatic heterocycles. The van der Waals surface area contributed by atoms with Crippen LogP contribution in [0.4, 0.5) is 0 Å². The van der Waals surface area contributed by atoms with Crippen LogP contribution in [-0.2, 0) is 4.52 Å². The average molecular weight is 523 g/mol. The zero-order chi connectivity index (χ0) is 24.9. The summed E-state index contributed by atoms with van der Waals surface area (Å²) < 4.78 is 7.32. The first-order valence-electron chi connectivity index (χ1n) is 13.8. The predicted octanol–water partition coefficient (Wildman–Crippen LogP) is 7.52. The van der Waals surface area contributed by atoms with E-state index in [1.165, 1.54) is 65.9 Å². The van der Waals surface area contributed by atoms with Crippen molar-refractivity contribution in [3.05, 3.63) is 121 Å². The second-order valence-electron chi connectivity index (χ2n) is 10.6. The fraction of sp³-hybridized carbons (Fsp3) is 0.294. The van der Waals surface area contributed by atoms with Crippen molar-refractivity contribution in [2.75, 3.05) is 6.16 Å². The van der Waals surface area contributed by atoms with E-state index in [2.05, 4.69) is 121 Å². The summed E-state index contributed by atoms with van der Waals surface area (Å²) in [6.45, 7) is 0. The van der Waals surface area contributed by atoms with Crippen molar-refractivity contribution in [1.82, 2.24) is 0 Å². The highest BCUT2D eigenvalue weighted by atomic mass is 31.1. The lowest BCUT2D eigenvalue weighted by Gasteiger charge is -2.40. The Kier molecular flexibility index (Phi) is 7.85. The predicted molar refractivity (Wildman–Crippen MR) is 162 cm³/mol. The maximum absolute atomic E-state index is 7.32. The molecule has 1 nitrogen and oxygen atoms in total. The standard InChI is InChI=1S/C34H36OP2/c1-5-16-29(17-6-1)36(30-18-7-2-8-19-30)27-28-15-13-25-34(28)26-14-24-33(34)35-37(31-20-9-3-10-21-31)32-22-11-4-12-23-32/h1-12,16-23,28,33H,13-15,24-27H2/t28-,33?,34?/m0/s1. The maximum atomic E-state index is 7.32. The summed E-state index contributed by atoms with van der Waals surface area (Å²) >= 11 is 0.